The minimum atomic E-state index is -0.852. The van der Waals surface area contributed by atoms with E-state index in [2.05, 4.69) is 24.8 Å². The number of carboxylic acids is 1. The lowest BCUT2D eigenvalue weighted by atomic mass is 10.1. The second-order valence-corrected chi connectivity index (χ2v) is 6.94. The first-order valence-electron chi connectivity index (χ1n) is 8.33. The summed E-state index contributed by atoms with van der Waals surface area (Å²) in [5.41, 5.74) is 0. The Labute approximate surface area is 140 Å². The third-order valence-electron chi connectivity index (χ3n) is 4.19. The lowest BCUT2D eigenvalue weighted by Gasteiger charge is -2.30. The third kappa shape index (κ3) is 4.46. The van der Waals surface area contributed by atoms with Gasteiger partial charge in [-0.1, -0.05) is 11.8 Å². The largest absolute Gasteiger partial charge is 0.481 e. The van der Waals surface area contributed by atoms with Gasteiger partial charge >= 0.3 is 5.97 Å². The van der Waals surface area contributed by atoms with E-state index in [1.165, 1.54) is 24.6 Å². The topological polar surface area (TPSA) is 82.4 Å². The molecule has 2 fully saturated rings. The molecule has 8 heteroatoms. The van der Waals surface area contributed by atoms with Gasteiger partial charge in [0.05, 0.1) is 5.75 Å². The Kier molecular flexibility index (Phi) is 5.53. The van der Waals surface area contributed by atoms with E-state index in [9.17, 15) is 4.79 Å². The molecule has 0 aliphatic carbocycles. The molecule has 0 saturated carbocycles. The van der Waals surface area contributed by atoms with Gasteiger partial charge in [0.2, 0.25) is 11.9 Å². The summed E-state index contributed by atoms with van der Waals surface area (Å²) in [6, 6.07) is 0. The number of aliphatic carboxylic acids is 1. The van der Waals surface area contributed by atoms with Gasteiger partial charge in [-0.05, 0) is 38.5 Å². The Morgan fingerprint density at radius 1 is 0.870 bits per heavy atom. The second-order valence-electron chi connectivity index (χ2n) is 6.00. The number of carboxylic acid groups (broad SMARTS) is 1. The van der Waals surface area contributed by atoms with Gasteiger partial charge in [0.1, 0.15) is 0 Å². The monoisotopic (exact) mass is 337 g/mol. The van der Waals surface area contributed by atoms with E-state index in [1.54, 1.807) is 0 Å². The van der Waals surface area contributed by atoms with Crippen LogP contribution in [0.2, 0.25) is 0 Å². The fraction of sp³-hybridized carbons (Fsp3) is 0.733. The van der Waals surface area contributed by atoms with E-state index in [0.717, 1.165) is 51.9 Å². The lowest BCUT2D eigenvalue weighted by molar-refractivity contribution is -0.133. The van der Waals surface area contributed by atoms with Crippen LogP contribution >= 0.6 is 11.8 Å². The van der Waals surface area contributed by atoms with Gasteiger partial charge in [0, 0.05) is 26.2 Å². The van der Waals surface area contributed by atoms with Crippen LogP contribution in [0.4, 0.5) is 11.9 Å². The van der Waals surface area contributed by atoms with Crippen molar-refractivity contribution in [3.8, 4) is 0 Å². The van der Waals surface area contributed by atoms with Crippen LogP contribution in [0.25, 0.3) is 0 Å². The standard InChI is InChI=1S/C15H23N5O2S/c21-12(22)11-23-15-17-13(19-7-3-1-4-8-19)16-14(18-15)20-9-5-2-6-10-20/h1-11H2,(H,21,22). The zero-order valence-corrected chi connectivity index (χ0v) is 14.1. The van der Waals surface area contributed by atoms with Crippen LogP contribution in [-0.2, 0) is 4.79 Å². The molecule has 0 unspecified atom stereocenters. The molecule has 2 aliphatic rings. The lowest BCUT2D eigenvalue weighted by Crippen LogP contribution is -2.34. The fourth-order valence-electron chi connectivity index (χ4n) is 3.00. The predicted molar refractivity (Wildman–Crippen MR) is 90.3 cm³/mol. The Bertz CT molecular complexity index is 508. The molecule has 1 aromatic heterocycles. The number of rotatable bonds is 5. The van der Waals surface area contributed by atoms with Gasteiger partial charge in [-0.3, -0.25) is 4.79 Å². The van der Waals surface area contributed by atoms with Crippen molar-refractivity contribution in [3.63, 3.8) is 0 Å². The second kappa shape index (κ2) is 7.81. The van der Waals surface area contributed by atoms with E-state index in [0.29, 0.717) is 17.1 Å². The number of nitrogens with zero attached hydrogens (tertiary/aromatic N) is 5. The van der Waals surface area contributed by atoms with Crippen molar-refractivity contribution in [1.82, 2.24) is 15.0 Å². The average molecular weight is 337 g/mol. The summed E-state index contributed by atoms with van der Waals surface area (Å²) >= 11 is 1.17. The van der Waals surface area contributed by atoms with Gasteiger partial charge in [-0.2, -0.15) is 15.0 Å². The van der Waals surface area contributed by atoms with Crippen molar-refractivity contribution >= 4 is 29.6 Å². The maximum absolute atomic E-state index is 10.8. The predicted octanol–water partition coefficient (Wildman–Crippen LogP) is 2.03. The number of hydrogen-bond donors (Lipinski definition) is 1. The molecule has 1 N–H and O–H groups in total. The molecule has 0 aromatic carbocycles. The minimum absolute atomic E-state index is 0.0249. The normalized spacial score (nSPS) is 19.0. The van der Waals surface area contributed by atoms with E-state index < -0.39 is 5.97 Å². The molecule has 3 rings (SSSR count). The van der Waals surface area contributed by atoms with Crippen molar-refractivity contribution in [2.24, 2.45) is 0 Å². The Hall–Kier alpha value is -1.57. The molecule has 7 nitrogen and oxygen atoms in total. The molecule has 2 aliphatic heterocycles. The SMILES string of the molecule is O=C(O)CSc1nc(N2CCCCC2)nc(N2CCCCC2)n1. The van der Waals surface area contributed by atoms with Crippen molar-refractivity contribution in [3.05, 3.63) is 0 Å². The minimum Gasteiger partial charge on any atom is -0.481 e. The average Bonchev–Trinajstić information content (AvgIpc) is 2.61. The molecular formula is C15H23N5O2S. The zero-order chi connectivity index (χ0) is 16.1. The number of piperidine rings is 2. The van der Waals surface area contributed by atoms with Crippen molar-refractivity contribution in [1.29, 1.82) is 0 Å². The summed E-state index contributed by atoms with van der Waals surface area (Å²) < 4.78 is 0. The van der Waals surface area contributed by atoms with Crippen LogP contribution < -0.4 is 9.80 Å². The molecule has 2 saturated heterocycles. The maximum Gasteiger partial charge on any atom is 0.313 e. The molecule has 0 atom stereocenters. The smallest absolute Gasteiger partial charge is 0.313 e. The fourth-order valence-corrected chi connectivity index (χ4v) is 3.54. The van der Waals surface area contributed by atoms with Crippen LogP contribution in [0.1, 0.15) is 38.5 Å². The molecule has 0 amide bonds. The molecule has 23 heavy (non-hydrogen) atoms. The zero-order valence-electron chi connectivity index (χ0n) is 13.3. The molecule has 3 heterocycles. The highest BCUT2D eigenvalue weighted by Gasteiger charge is 2.20. The van der Waals surface area contributed by atoms with Crippen molar-refractivity contribution in [2.75, 3.05) is 41.7 Å². The summed E-state index contributed by atoms with van der Waals surface area (Å²) in [5, 5.41) is 9.42. The number of carbonyl (C=O) groups is 1. The molecule has 1 aromatic rings. The molecule has 126 valence electrons. The number of aromatic nitrogens is 3. The first kappa shape index (κ1) is 16.3. The van der Waals surface area contributed by atoms with E-state index in [4.69, 9.17) is 5.11 Å². The van der Waals surface area contributed by atoms with Gasteiger partial charge in [-0.15, -0.1) is 0 Å². The van der Waals surface area contributed by atoms with Gasteiger partial charge < -0.3 is 14.9 Å². The Balaban J connectivity index is 1.83. The van der Waals surface area contributed by atoms with Crippen molar-refractivity contribution < 1.29 is 9.90 Å². The summed E-state index contributed by atoms with van der Waals surface area (Å²) in [6.45, 7) is 3.86. The molecular weight excluding hydrogens is 314 g/mol. The number of anilines is 2. The van der Waals surface area contributed by atoms with E-state index in [1.807, 2.05) is 0 Å². The van der Waals surface area contributed by atoms with Gasteiger partial charge in [0.15, 0.2) is 5.16 Å². The van der Waals surface area contributed by atoms with E-state index >= 15 is 0 Å². The summed E-state index contributed by atoms with van der Waals surface area (Å²) in [4.78, 5) is 28.9. The quantitative estimate of drug-likeness (QED) is 0.817. The Morgan fingerprint density at radius 2 is 1.35 bits per heavy atom. The highest BCUT2D eigenvalue weighted by Crippen LogP contribution is 2.24. The highest BCUT2D eigenvalue weighted by molar-refractivity contribution is 7.99. The Morgan fingerprint density at radius 3 is 1.78 bits per heavy atom. The summed E-state index contributed by atoms with van der Waals surface area (Å²) in [5.74, 6) is 0.527. The van der Waals surface area contributed by atoms with Gasteiger partial charge in [-0.25, -0.2) is 0 Å². The summed E-state index contributed by atoms with van der Waals surface area (Å²) in [7, 11) is 0. The first-order chi connectivity index (χ1) is 11.2. The maximum atomic E-state index is 10.8. The van der Waals surface area contributed by atoms with Crippen LogP contribution in [0, 0.1) is 0 Å². The first-order valence-corrected chi connectivity index (χ1v) is 9.31. The van der Waals surface area contributed by atoms with Crippen molar-refractivity contribution in [2.45, 2.75) is 43.7 Å². The van der Waals surface area contributed by atoms with Crippen LogP contribution in [-0.4, -0.2) is 58.0 Å². The molecule has 0 radical (unpaired) electrons. The molecule has 0 bridgehead atoms. The van der Waals surface area contributed by atoms with Gasteiger partial charge in [0.25, 0.3) is 0 Å². The number of hydrogen-bond acceptors (Lipinski definition) is 7. The molecule has 0 spiro atoms. The number of thioether (sulfide) groups is 1. The third-order valence-corrected chi connectivity index (χ3v) is 5.03. The summed E-state index contributed by atoms with van der Waals surface area (Å²) in [6.07, 6.45) is 7.12. The van der Waals surface area contributed by atoms with Crippen LogP contribution in [0.15, 0.2) is 5.16 Å². The van der Waals surface area contributed by atoms with Crippen LogP contribution in [0.3, 0.4) is 0 Å². The highest BCUT2D eigenvalue weighted by atomic mass is 32.2. The van der Waals surface area contributed by atoms with Crippen LogP contribution in [0.5, 0.6) is 0 Å². The van der Waals surface area contributed by atoms with E-state index in [-0.39, 0.29) is 5.75 Å².